The topological polar surface area (TPSA) is 71.6 Å². The van der Waals surface area contributed by atoms with Crippen LogP contribution in [-0.4, -0.2) is 24.1 Å². The van der Waals surface area contributed by atoms with Crippen LogP contribution in [0.4, 0.5) is 24.5 Å². The van der Waals surface area contributed by atoms with Crippen LogP contribution in [0, 0.1) is 12.3 Å². The molecule has 0 spiro atoms. The average molecular weight is 436 g/mol. The number of aromatic nitrogens is 1. The van der Waals surface area contributed by atoms with Gasteiger partial charge in [-0.25, -0.2) is 8.95 Å². The van der Waals surface area contributed by atoms with Crippen molar-refractivity contribution in [3.63, 3.8) is 0 Å². The second-order valence-electron chi connectivity index (χ2n) is 6.20. The van der Waals surface area contributed by atoms with Gasteiger partial charge in [-0.2, -0.15) is 13.2 Å². The minimum Gasteiger partial charge on any atom is -0.497 e. The monoisotopic (exact) mass is 436 g/mol. The first-order valence-electron chi connectivity index (χ1n) is 8.71. The highest BCUT2D eigenvalue weighted by Gasteiger charge is 2.31. The van der Waals surface area contributed by atoms with Crippen molar-refractivity contribution in [3.05, 3.63) is 64.5 Å². The number of halogens is 3. The molecule has 0 radical (unpaired) electrons. The number of hydrogen-bond donors (Lipinski definition) is 2. The predicted octanol–water partition coefficient (Wildman–Crippen LogP) is 5.02. The molecule has 0 unspecified atom stereocenters. The quantitative estimate of drug-likeness (QED) is 0.446. The van der Waals surface area contributed by atoms with Crippen molar-refractivity contribution in [2.45, 2.75) is 13.1 Å². The van der Waals surface area contributed by atoms with Crippen molar-refractivity contribution < 1.29 is 22.6 Å². The Balaban J connectivity index is 2.16. The van der Waals surface area contributed by atoms with Gasteiger partial charge in [0, 0.05) is 16.6 Å². The van der Waals surface area contributed by atoms with Gasteiger partial charge in [-0.05, 0) is 43.3 Å². The summed E-state index contributed by atoms with van der Waals surface area (Å²) >= 11 is 1.24. The van der Waals surface area contributed by atoms with E-state index in [1.807, 2.05) is 6.92 Å². The molecule has 0 saturated heterocycles. The number of ether oxygens (including phenoxy) is 2. The number of benzene rings is 2. The molecule has 2 N–H and O–H groups in total. The lowest BCUT2D eigenvalue weighted by Gasteiger charge is -2.14. The van der Waals surface area contributed by atoms with Crippen molar-refractivity contribution in [2.24, 2.45) is 4.99 Å². The van der Waals surface area contributed by atoms with E-state index in [4.69, 9.17) is 14.9 Å². The van der Waals surface area contributed by atoms with Gasteiger partial charge in [0.05, 0.1) is 19.8 Å². The second kappa shape index (κ2) is 8.62. The van der Waals surface area contributed by atoms with Crippen LogP contribution in [0.1, 0.15) is 10.4 Å². The van der Waals surface area contributed by atoms with Crippen molar-refractivity contribution in [1.82, 2.24) is 3.96 Å². The van der Waals surface area contributed by atoms with E-state index >= 15 is 0 Å². The second-order valence-corrected chi connectivity index (χ2v) is 7.39. The third kappa shape index (κ3) is 4.82. The molecule has 0 amide bonds. The number of nitrogens with zero attached hydrogens (tertiary/aromatic N) is 2. The summed E-state index contributed by atoms with van der Waals surface area (Å²) in [4.78, 5) is 5.24. The molecule has 0 saturated carbocycles. The van der Waals surface area contributed by atoms with Gasteiger partial charge in [0.1, 0.15) is 22.7 Å². The van der Waals surface area contributed by atoms with Crippen LogP contribution in [0.5, 0.6) is 11.5 Å². The molecule has 0 aliphatic rings. The fraction of sp³-hybridized carbons (Fsp3) is 0.200. The summed E-state index contributed by atoms with van der Waals surface area (Å²) in [6.07, 6.45) is -4.52. The number of methoxy groups -OCH3 is 2. The van der Waals surface area contributed by atoms with Gasteiger partial charge >= 0.3 is 6.18 Å². The van der Waals surface area contributed by atoms with E-state index in [1.165, 1.54) is 35.8 Å². The Bertz CT molecular complexity index is 1140. The molecule has 30 heavy (non-hydrogen) atoms. The summed E-state index contributed by atoms with van der Waals surface area (Å²) in [6.45, 7) is 1.83. The smallest absolute Gasteiger partial charge is 0.416 e. The Labute approximate surface area is 174 Å². The van der Waals surface area contributed by atoms with E-state index in [9.17, 15) is 13.2 Å². The highest BCUT2D eigenvalue weighted by molar-refractivity contribution is 7.07. The van der Waals surface area contributed by atoms with Crippen molar-refractivity contribution >= 4 is 28.9 Å². The lowest BCUT2D eigenvalue weighted by atomic mass is 10.2. The molecule has 1 heterocycles. The van der Waals surface area contributed by atoms with Crippen molar-refractivity contribution in [3.8, 4) is 11.5 Å². The first kappa shape index (κ1) is 21.4. The van der Waals surface area contributed by atoms with Crippen molar-refractivity contribution in [1.29, 1.82) is 5.41 Å². The zero-order valence-corrected chi connectivity index (χ0v) is 17.2. The van der Waals surface area contributed by atoms with Gasteiger partial charge < -0.3 is 14.8 Å². The highest BCUT2D eigenvalue weighted by Crippen LogP contribution is 2.36. The molecular weight excluding hydrogens is 417 g/mol. The Hall–Kier alpha value is -3.27. The normalized spacial score (nSPS) is 12.0. The van der Waals surface area contributed by atoms with E-state index in [2.05, 4.69) is 10.3 Å². The van der Waals surface area contributed by atoms with Gasteiger partial charge in [0.25, 0.3) is 0 Å². The SMILES string of the molecule is COc1cccc(NC(=Nc2cc(C(F)(F)F)ccc2OC)n2sc(C)cc2=N)c1. The number of aryl methyl sites for hydroxylation is 1. The van der Waals surface area contributed by atoms with Crippen LogP contribution in [0.2, 0.25) is 0 Å². The lowest BCUT2D eigenvalue weighted by molar-refractivity contribution is -0.137. The largest absolute Gasteiger partial charge is 0.497 e. The van der Waals surface area contributed by atoms with E-state index in [1.54, 1.807) is 30.3 Å². The van der Waals surface area contributed by atoms with E-state index in [0.29, 0.717) is 11.4 Å². The third-order valence-electron chi connectivity index (χ3n) is 4.04. The molecule has 10 heteroatoms. The van der Waals surface area contributed by atoms with Crippen LogP contribution >= 0.6 is 11.5 Å². The molecule has 6 nitrogen and oxygen atoms in total. The molecule has 3 aromatic rings. The highest BCUT2D eigenvalue weighted by atomic mass is 32.1. The molecule has 0 aliphatic carbocycles. The molecule has 3 rings (SSSR count). The summed E-state index contributed by atoms with van der Waals surface area (Å²) in [5.41, 5.74) is -0.133. The summed E-state index contributed by atoms with van der Waals surface area (Å²) in [5, 5.41) is 11.3. The first-order valence-corrected chi connectivity index (χ1v) is 9.48. The Morgan fingerprint density at radius 3 is 2.47 bits per heavy atom. The molecule has 158 valence electrons. The fourth-order valence-corrected chi connectivity index (χ4v) is 3.43. The fourth-order valence-electron chi connectivity index (χ4n) is 2.65. The molecule has 0 aliphatic heterocycles. The van der Waals surface area contributed by atoms with E-state index in [0.717, 1.165) is 17.0 Å². The zero-order valence-electron chi connectivity index (χ0n) is 16.4. The van der Waals surface area contributed by atoms with Crippen LogP contribution in [0.15, 0.2) is 53.5 Å². The molecule has 1 aromatic heterocycles. The molecule has 0 fully saturated rings. The minimum atomic E-state index is -4.52. The average Bonchev–Trinajstić information content (AvgIpc) is 3.04. The molecular formula is C20H19F3N4O2S. The zero-order chi connectivity index (χ0) is 21.9. The van der Waals surface area contributed by atoms with E-state index < -0.39 is 11.7 Å². The van der Waals surface area contributed by atoms with Gasteiger partial charge in [-0.1, -0.05) is 17.6 Å². The molecule has 2 aromatic carbocycles. The van der Waals surface area contributed by atoms with Crippen LogP contribution < -0.4 is 20.3 Å². The van der Waals surface area contributed by atoms with Crippen LogP contribution in [-0.2, 0) is 6.18 Å². The lowest BCUT2D eigenvalue weighted by Crippen LogP contribution is -2.28. The number of nitrogens with one attached hydrogen (secondary N) is 2. The number of rotatable bonds is 4. The number of alkyl halides is 3. The number of hydrogen-bond acceptors (Lipinski definition) is 5. The van der Waals surface area contributed by atoms with Gasteiger partial charge in [-0.3, -0.25) is 5.41 Å². The van der Waals surface area contributed by atoms with Gasteiger partial charge in [-0.15, -0.1) is 0 Å². The maximum absolute atomic E-state index is 13.2. The summed E-state index contributed by atoms with van der Waals surface area (Å²) in [5.74, 6) is 0.923. The van der Waals surface area contributed by atoms with Gasteiger partial charge in [0.2, 0.25) is 5.96 Å². The van der Waals surface area contributed by atoms with Crippen LogP contribution in [0.3, 0.4) is 0 Å². The Kier molecular flexibility index (Phi) is 6.16. The number of anilines is 1. The first-order chi connectivity index (χ1) is 14.2. The summed E-state index contributed by atoms with van der Waals surface area (Å²) in [6, 6.07) is 11.7. The minimum absolute atomic E-state index is 0.0179. The maximum Gasteiger partial charge on any atom is 0.416 e. The molecule has 0 atom stereocenters. The predicted molar refractivity (Wildman–Crippen MR) is 110 cm³/mol. The number of aliphatic imine (C=N–C) groups is 1. The Morgan fingerprint density at radius 2 is 1.87 bits per heavy atom. The molecule has 0 bridgehead atoms. The standard InChI is InChI=1S/C20H19F3N4O2S/c1-12-9-18(24)27(30-12)19(25-14-5-4-6-15(11-14)28-2)26-16-10-13(20(21,22)23)7-8-17(16)29-3/h4-11,24H,1-3H3,(H,25,26). The van der Waals surface area contributed by atoms with Crippen molar-refractivity contribution in [2.75, 3.05) is 19.5 Å². The Morgan fingerprint density at radius 1 is 1.10 bits per heavy atom. The van der Waals surface area contributed by atoms with Gasteiger partial charge in [0.15, 0.2) is 0 Å². The van der Waals surface area contributed by atoms with Crippen LogP contribution in [0.25, 0.3) is 0 Å². The summed E-state index contributed by atoms with van der Waals surface area (Å²) in [7, 11) is 2.88. The maximum atomic E-state index is 13.2. The third-order valence-corrected chi connectivity index (χ3v) is 5.00. The van der Waals surface area contributed by atoms with E-state index in [-0.39, 0.29) is 22.9 Å². The summed E-state index contributed by atoms with van der Waals surface area (Å²) < 4.78 is 51.5.